The number of para-hydroxylation sites is 1. The Labute approximate surface area is 141 Å². The fourth-order valence-electron chi connectivity index (χ4n) is 2.84. The summed E-state index contributed by atoms with van der Waals surface area (Å²) >= 11 is 0. The Kier molecular flexibility index (Phi) is 3.53. The van der Waals surface area contributed by atoms with Crippen molar-refractivity contribution in [1.29, 1.82) is 0 Å². The van der Waals surface area contributed by atoms with E-state index in [1.54, 1.807) is 12.1 Å². The zero-order valence-corrected chi connectivity index (χ0v) is 13.2. The average Bonchev–Trinajstić information content (AvgIpc) is 2.96. The summed E-state index contributed by atoms with van der Waals surface area (Å²) in [6.45, 7) is 0.324. The first-order chi connectivity index (χ1) is 12.1. The number of hydrogen-bond acceptors (Lipinski definition) is 4. The molecule has 0 spiro atoms. The molecule has 0 aliphatic rings. The van der Waals surface area contributed by atoms with E-state index in [9.17, 15) is 14.7 Å². The molecule has 0 bridgehead atoms. The van der Waals surface area contributed by atoms with Crippen LogP contribution in [0.4, 0.5) is 0 Å². The van der Waals surface area contributed by atoms with Gasteiger partial charge in [-0.1, -0.05) is 30.3 Å². The van der Waals surface area contributed by atoms with Gasteiger partial charge in [0.25, 0.3) is 0 Å². The zero-order valence-electron chi connectivity index (χ0n) is 13.2. The fraction of sp³-hybridized carbons (Fsp3) is 0.111. The monoisotopic (exact) mass is 334 g/mol. The van der Waals surface area contributed by atoms with Gasteiger partial charge in [-0.15, -0.1) is 5.10 Å². The molecule has 0 saturated heterocycles. The van der Waals surface area contributed by atoms with Crippen LogP contribution >= 0.6 is 0 Å². The molecule has 0 unspecified atom stereocenters. The topological polar surface area (TPSA) is 89.5 Å². The Morgan fingerprint density at radius 1 is 1.04 bits per heavy atom. The molecule has 7 nitrogen and oxygen atoms in total. The van der Waals surface area contributed by atoms with E-state index in [-0.39, 0.29) is 5.69 Å². The van der Waals surface area contributed by atoms with E-state index in [0.29, 0.717) is 18.6 Å². The molecule has 124 valence electrons. The molecule has 7 heteroatoms. The number of pyridine rings is 2. The first-order valence-corrected chi connectivity index (χ1v) is 7.80. The molecule has 0 aliphatic heterocycles. The highest BCUT2D eigenvalue weighted by molar-refractivity contribution is 5.86. The molecule has 3 aromatic heterocycles. The number of aryl methyl sites for hydroxylation is 2. The zero-order chi connectivity index (χ0) is 17.4. The van der Waals surface area contributed by atoms with Gasteiger partial charge in [0.2, 0.25) is 0 Å². The lowest BCUT2D eigenvalue weighted by Crippen LogP contribution is -2.25. The number of fused-ring (bicyclic) bond motifs is 2. The van der Waals surface area contributed by atoms with E-state index in [0.717, 1.165) is 21.0 Å². The fourth-order valence-corrected chi connectivity index (χ4v) is 2.84. The van der Waals surface area contributed by atoms with Crippen LogP contribution in [-0.2, 0) is 13.0 Å². The molecule has 4 rings (SSSR count). The lowest BCUT2D eigenvalue weighted by molar-refractivity contribution is 0.0688. The first kappa shape index (κ1) is 15.1. The minimum Gasteiger partial charge on any atom is -0.477 e. The van der Waals surface area contributed by atoms with Crippen LogP contribution in [0.2, 0.25) is 0 Å². The summed E-state index contributed by atoms with van der Waals surface area (Å²) in [4.78, 5) is 28.3. The van der Waals surface area contributed by atoms with Crippen molar-refractivity contribution in [2.75, 3.05) is 0 Å². The number of hydrogen-bond donors (Lipinski definition) is 1. The highest BCUT2D eigenvalue weighted by atomic mass is 16.4. The van der Waals surface area contributed by atoms with E-state index >= 15 is 0 Å². The van der Waals surface area contributed by atoms with Crippen LogP contribution < -0.4 is 5.69 Å². The molecule has 1 N–H and O–H groups in total. The summed E-state index contributed by atoms with van der Waals surface area (Å²) in [7, 11) is 0. The number of benzene rings is 1. The van der Waals surface area contributed by atoms with E-state index in [4.69, 9.17) is 0 Å². The molecule has 25 heavy (non-hydrogen) atoms. The van der Waals surface area contributed by atoms with Crippen LogP contribution in [0.25, 0.3) is 16.6 Å². The Hall–Kier alpha value is -3.48. The molecule has 0 saturated carbocycles. The van der Waals surface area contributed by atoms with Crippen molar-refractivity contribution >= 4 is 22.5 Å². The molecule has 1 aromatic carbocycles. The lowest BCUT2D eigenvalue weighted by Gasteiger charge is -2.02. The summed E-state index contributed by atoms with van der Waals surface area (Å²) in [6, 6.07) is 16.3. The van der Waals surface area contributed by atoms with Gasteiger partial charge in [-0.2, -0.15) is 0 Å². The maximum atomic E-state index is 12.5. The van der Waals surface area contributed by atoms with Crippen LogP contribution in [-0.4, -0.2) is 30.2 Å². The van der Waals surface area contributed by atoms with Crippen LogP contribution in [0.5, 0.6) is 0 Å². The third-order valence-electron chi connectivity index (χ3n) is 4.06. The number of nitrogens with zero attached hydrogens (tertiary/aromatic N) is 4. The van der Waals surface area contributed by atoms with E-state index in [1.165, 1.54) is 10.7 Å². The van der Waals surface area contributed by atoms with Crippen molar-refractivity contribution < 1.29 is 9.90 Å². The molecule has 3 heterocycles. The van der Waals surface area contributed by atoms with Gasteiger partial charge in [0.15, 0.2) is 5.65 Å². The maximum Gasteiger partial charge on any atom is 0.353 e. The second-order valence-corrected chi connectivity index (χ2v) is 5.66. The minimum absolute atomic E-state index is 0.0995. The van der Waals surface area contributed by atoms with Gasteiger partial charge in [0.1, 0.15) is 5.69 Å². The third kappa shape index (κ3) is 2.65. The molecule has 0 aliphatic carbocycles. The number of rotatable bonds is 4. The maximum absolute atomic E-state index is 12.5. The largest absolute Gasteiger partial charge is 0.477 e. The highest BCUT2D eigenvalue weighted by Gasteiger charge is 2.14. The van der Waals surface area contributed by atoms with Crippen LogP contribution in [0.1, 0.15) is 16.2 Å². The summed E-state index contributed by atoms with van der Waals surface area (Å²) in [5, 5.41) is 14.5. The molecule has 0 fully saturated rings. The minimum atomic E-state index is -1.16. The summed E-state index contributed by atoms with van der Waals surface area (Å²) in [6.07, 6.45) is 0.525. The first-order valence-electron chi connectivity index (χ1n) is 7.80. The smallest absolute Gasteiger partial charge is 0.353 e. The number of aromatic carboxylic acids is 1. The van der Waals surface area contributed by atoms with Crippen LogP contribution in [0, 0.1) is 0 Å². The molecule has 4 aromatic rings. The van der Waals surface area contributed by atoms with Crippen molar-refractivity contribution in [3.63, 3.8) is 0 Å². The lowest BCUT2D eigenvalue weighted by atomic mass is 10.2. The normalized spacial score (nSPS) is 11.2. The van der Waals surface area contributed by atoms with Gasteiger partial charge < -0.3 is 5.11 Å². The van der Waals surface area contributed by atoms with Crippen molar-refractivity contribution in [3.05, 3.63) is 76.5 Å². The van der Waals surface area contributed by atoms with E-state index in [1.807, 2.05) is 36.4 Å². The predicted molar refractivity (Wildman–Crippen MR) is 91.9 cm³/mol. The highest BCUT2D eigenvalue weighted by Crippen LogP contribution is 2.12. The Bertz CT molecular complexity index is 1160. The van der Waals surface area contributed by atoms with Gasteiger partial charge in [0.05, 0.1) is 12.1 Å². The second kappa shape index (κ2) is 5.86. The van der Waals surface area contributed by atoms with Crippen molar-refractivity contribution in [3.8, 4) is 0 Å². The Balaban J connectivity index is 1.66. The van der Waals surface area contributed by atoms with Gasteiger partial charge in [-0.25, -0.2) is 18.7 Å². The summed E-state index contributed by atoms with van der Waals surface area (Å²) < 4.78 is 2.38. The van der Waals surface area contributed by atoms with Crippen molar-refractivity contribution in [2.45, 2.75) is 13.0 Å². The SMILES string of the molecule is O=C(O)c1cccc2nn(CCc3ccc4ccccc4n3)c(=O)n12. The third-order valence-corrected chi connectivity index (χ3v) is 4.06. The number of carbonyl (C=O) groups is 1. The number of carboxylic acid groups (broad SMARTS) is 1. The summed E-state index contributed by atoms with van der Waals surface area (Å²) in [5.41, 5.74) is 1.50. The molecular formula is C18H14N4O3. The molecular weight excluding hydrogens is 320 g/mol. The van der Waals surface area contributed by atoms with Gasteiger partial charge in [-0.05, 0) is 24.3 Å². The predicted octanol–water partition coefficient (Wildman–Crippen LogP) is 1.99. The Morgan fingerprint density at radius 2 is 1.88 bits per heavy atom. The summed E-state index contributed by atoms with van der Waals surface area (Å²) in [5.74, 6) is -1.16. The molecule has 0 radical (unpaired) electrons. The van der Waals surface area contributed by atoms with Gasteiger partial charge >= 0.3 is 11.7 Å². The van der Waals surface area contributed by atoms with Gasteiger partial charge in [0, 0.05) is 17.5 Å². The number of aromatic nitrogens is 4. The Morgan fingerprint density at radius 3 is 2.72 bits per heavy atom. The molecule has 0 amide bonds. The molecule has 0 atom stereocenters. The van der Waals surface area contributed by atoms with Crippen LogP contribution in [0.3, 0.4) is 0 Å². The standard InChI is InChI=1S/C18H14N4O3/c23-17(24)15-6-3-7-16-20-21(18(25)22(15)16)11-10-13-9-8-12-4-1-2-5-14(12)19-13/h1-9H,10-11H2,(H,23,24). The quantitative estimate of drug-likeness (QED) is 0.616. The van der Waals surface area contributed by atoms with E-state index in [2.05, 4.69) is 10.1 Å². The van der Waals surface area contributed by atoms with Crippen molar-refractivity contribution in [2.24, 2.45) is 0 Å². The average molecular weight is 334 g/mol. The number of carboxylic acids is 1. The second-order valence-electron chi connectivity index (χ2n) is 5.66. The van der Waals surface area contributed by atoms with Crippen molar-refractivity contribution in [1.82, 2.24) is 19.2 Å². The van der Waals surface area contributed by atoms with Crippen LogP contribution in [0.15, 0.2) is 59.4 Å². The van der Waals surface area contributed by atoms with E-state index < -0.39 is 11.7 Å². The van der Waals surface area contributed by atoms with Gasteiger partial charge in [-0.3, -0.25) is 4.98 Å².